The first-order chi connectivity index (χ1) is 12.0. The Hall–Kier alpha value is -2.24. The van der Waals surface area contributed by atoms with E-state index in [1.807, 2.05) is 48.5 Å². The number of rotatable bonds is 4. The molecule has 126 valence electrons. The molecule has 25 heavy (non-hydrogen) atoms. The first kappa shape index (κ1) is 17.6. The quantitative estimate of drug-likeness (QED) is 0.589. The van der Waals surface area contributed by atoms with E-state index in [4.69, 9.17) is 0 Å². The third-order valence-electron chi connectivity index (χ3n) is 4.23. The smallest absolute Gasteiger partial charge is 0.193 e. The first-order valence-electron chi connectivity index (χ1n) is 8.52. The third kappa shape index (κ3) is 4.06. The molecule has 3 rings (SSSR count). The highest BCUT2D eigenvalue weighted by Crippen LogP contribution is 2.38. The maximum atomic E-state index is 13.3. The van der Waals surface area contributed by atoms with E-state index in [2.05, 4.69) is 57.2 Å². The van der Waals surface area contributed by atoms with Crippen molar-refractivity contribution in [3.8, 4) is 0 Å². The molecule has 2 heteroatoms. The van der Waals surface area contributed by atoms with Gasteiger partial charge in [-0.3, -0.25) is 4.79 Å². The average Bonchev–Trinajstić information content (AvgIpc) is 2.63. The fourth-order valence-electron chi connectivity index (χ4n) is 2.78. The van der Waals surface area contributed by atoms with Gasteiger partial charge in [-0.05, 0) is 21.6 Å². The molecule has 0 radical (unpaired) electrons. The molecule has 0 fully saturated rings. The van der Waals surface area contributed by atoms with Crippen LogP contribution in [0.4, 0.5) is 0 Å². The SMILES string of the molecule is CC(C)(C)c1ccc(C(=O)P(c2ccccc2)c2ccccc2)cc1. The molecule has 0 aliphatic rings. The summed E-state index contributed by atoms with van der Waals surface area (Å²) in [4.78, 5) is 13.3. The lowest BCUT2D eigenvalue weighted by molar-refractivity contribution is 0.108. The molecule has 3 aromatic rings. The van der Waals surface area contributed by atoms with Crippen molar-refractivity contribution in [1.29, 1.82) is 0 Å². The van der Waals surface area contributed by atoms with Gasteiger partial charge in [0.1, 0.15) is 0 Å². The van der Waals surface area contributed by atoms with Gasteiger partial charge in [0, 0.05) is 13.5 Å². The molecular formula is C23H23OP. The van der Waals surface area contributed by atoms with Gasteiger partial charge in [-0.15, -0.1) is 0 Å². The summed E-state index contributed by atoms with van der Waals surface area (Å²) in [5.74, 6) is 0. The maximum absolute atomic E-state index is 13.3. The predicted molar refractivity (Wildman–Crippen MR) is 109 cm³/mol. The lowest BCUT2D eigenvalue weighted by Crippen LogP contribution is -2.18. The van der Waals surface area contributed by atoms with Gasteiger partial charge in [-0.25, -0.2) is 0 Å². The molecular weight excluding hydrogens is 323 g/mol. The van der Waals surface area contributed by atoms with Crippen molar-refractivity contribution in [3.63, 3.8) is 0 Å². The van der Waals surface area contributed by atoms with E-state index in [-0.39, 0.29) is 10.9 Å². The molecule has 0 aromatic heterocycles. The number of hydrogen-bond donors (Lipinski definition) is 0. The second-order valence-electron chi connectivity index (χ2n) is 7.14. The van der Waals surface area contributed by atoms with Gasteiger partial charge in [0.15, 0.2) is 5.52 Å². The van der Waals surface area contributed by atoms with Crippen LogP contribution in [0.5, 0.6) is 0 Å². The normalized spacial score (nSPS) is 11.5. The number of benzene rings is 3. The zero-order chi connectivity index (χ0) is 17.9. The van der Waals surface area contributed by atoms with Crippen LogP contribution in [0.3, 0.4) is 0 Å². The second kappa shape index (κ2) is 7.33. The Balaban J connectivity index is 2.00. The number of hydrogen-bond acceptors (Lipinski definition) is 1. The lowest BCUT2D eigenvalue weighted by Gasteiger charge is -2.20. The lowest BCUT2D eigenvalue weighted by atomic mass is 9.87. The van der Waals surface area contributed by atoms with Gasteiger partial charge in [0.25, 0.3) is 0 Å². The maximum Gasteiger partial charge on any atom is 0.193 e. The Morgan fingerprint density at radius 2 is 1.12 bits per heavy atom. The summed E-state index contributed by atoms with van der Waals surface area (Å²) >= 11 is 0. The van der Waals surface area contributed by atoms with E-state index in [1.165, 1.54) is 5.56 Å². The standard InChI is InChI=1S/C23H23OP/c1-23(2,3)19-16-14-18(15-17-19)22(24)25(20-10-6-4-7-11-20)21-12-8-5-9-13-21/h4-17H,1-3H3. The summed E-state index contributed by atoms with van der Waals surface area (Å²) in [7, 11) is -1.06. The minimum Gasteiger partial charge on any atom is -0.288 e. The minimum absolute atomic E-state index is 0.0885. The Labute approximate surface area is 151 Å². The van der Waals surface area contributed by atoms with E-state index in [9.17, 15) is 4.79 Å². The van der Waals surface area contributed by atoms with Crippen molar-refractivity contribution >= 4 is 24.1 Å². The highest BCUT2D eigenvalue weighted by atomic mass is 31.1. The fourth-order valence-corrected chi connectivity index (χ4v) is 4.89. The van der Waals surface area contributed by atoms with Crippen LogP contribution >= 0.6 is 7.92 Å². The van der Waals surface area contributed by atoms with Crippen LogP contribution in [0.15, 0.2) is 84.9 Å². The van der Waals surface area contributed by atoms with E-state index in [1.54, 1.807) is 0 Å². The van der Waals surface area contributed by atoms with Crippen LogP contribution in [0.1, 0.15) is 36.7 Å². The highest BCUT2D eigenvalue weighted by molar-refractivity contribution is 7.88. The van der Waals surface area contributed by atoms with Gasteiger partial charge in [0.05, 0.1) is 0 Å². The molecule has 0 aliphatic heterocycles. The Bertz CT molecular complexity index is 791. The molecule has 0 atom stereocenters. The van der Waals surface area contributed by atoms with E-state index < -0.39 is 7.92 Å². The van der Waals surface area contributed by atoms with E-state index in [0.717, 1.165) is 16.2 Å². The number of carbonyl (C=O) groups excluding carboxylic acids is 1. The fraction of sp³-hybridized carbons (Fsp3) is 0.174. The van der Waals surface area contributed by atoms with Gasteiger partial charge in [0.2, 0.25) is 0 Å². The first-order valence-corrected chi connectivity index (χ1v) is 9.86. The molecule has 0 amide bonds. The largest absolute Gasteiger partial charge is 0.288 e. The van der Waals surface area contributed by atoms with Crippen molar-refractivity contribution in [2.45, 2.75) is 26.2 Å². The Morgan fingerprint density at radius 1 is 0.680 bits per heavy atom. The van der Waals surface area contributed by atoms with Gasteiger partial charge in [-0.2, -0.15) is 0 Å². The number of carbonyl (C=O) groups is 1. The minimum atomic E-state index is -1.06. The molecule has 0 N–H and O–H groups in total. The summed E-state index contributed by atoms with van der Waals surface area (Å²) < 4.78 is 0. The summed E-state index contributed by atoms with van der Waals surface area (Å²) in [6.45, 7) is 6.56. The second-order valence-corrected chi connectivity index (χ2v) is 9.25. The molecule has 0 saturated carbocycles. The zero-order valence-corrected chi connectivity index (χ0v) is 15.8. The molecule has 0 aliphatic carbocycles. The Morgan fingerprint density at radius 3 is 1.52 bits per heavy atom. The summed E-state index contributed by atoms with van der Waals surface area (Å²) in [6.07, 6.45) is 0. The van der Waals surface area contributed by atoms with Gasteiger partial charge < -0.3 is 0 Å². The molecule has 0 unspecified atom stereocenters. The van der Waals surface area contributed by atoms with Crippen LogP contribution in [0.25, 0.3) is 0 Å². The summed E-state index contributed by atoms with van der Waals surface area (Å²) in [5, 5.41) is 2.18. The molecule has 1 nitrogen and oxygen atoms in total. The predicted octanol–water partition coefficient (Wildman–Crippen LogP) is 5.26. The summed E-state index contributed by atoms with van der Waals surface area (Å²) in [5.41, 5.74) is 2.32. The Kier molecular flexibility index (Phi) is 5.16. The van der Waals surface area contributed by atoms with Crippen LogP contribution in [-0.2, 0) is 5.41 Å². The van der Waals surface area contributed by atoms with Gasteiger partial charge >= 0.3 is 0 Å². The summed E-state index contributed by atoms with van der Waals surface area (Å²) in [6, 6.07) is 28.3. The molecule has 0 bridgehead atoms. The van der Waals surface area contributed by atoms with Crippen molar-refractivity contribution in [3.05, 3.63) is 96.1 Å². The topological polar surface area (TPSA) is 17.1 Å². The van der Waals surface area contributed by atoms with Crippen LogP contribution in [-0.4, -0.2) is 5.52 Å². The van der Waals surface area contributed by atoms with Crippen molar-refractivity contribution in [2.75, 3.05) is 0 Å². The molecule has 0 spiro atoms. The zero-order valence-electron chi connectivity index (χ0n) is 14.9. The van der Waals surface area contributed by atoms with Crippen LogP contribution in [0.2, 0.25) is 0 Å². The average molecular weight is 346 g/mol. The molecule has 0 heterocycles. The van der Waals surface area contributed by atoms with Crippen LogP contribution in [0, 0.1) is 0 Å². The van der Waals surface area contributed by atoms with E-state index in [0.29, 0.717) is 0 Å². The van der Waals surface area contributed by atoms with Crippen molar-refractivity contribution < 1.29 is 4.79 Å². The monoisotopic (exact) mass is 346 g/mol. The van der Waals surface area contributed by atoms with Gasteiger partial charge in [-0.1, -0.05) is 106 Å². The van der Waals surface area contributed by atoms with Crippen molar-refractivity contribution in [2.24, 2.45) is 0 Å². The molecule has 3 aromatic carbocycles. The van der Waals surface area contributed by atoms with Crippen molar-refractivity contribution in [1.82, 2.24) is 0 Å². The molecule has 0 saturated heterocycles. The van der Waals surface area contributed by atoms with Crippen LogP contribution < -0.4 is 10.6 Å². The highest BCUT2D eigenvalue weighted by Gasteiger charge is 2.24. The third-order valence-corrected chi connectivity index (χ3v) is 6.52. The van der Waals surface area contributed by atoms with E-state index >= 15 is 0 Å².